The zero-order valence-electron chi connectivity index (χ0n) is 16.8. The van der Waals surface area contributed by atoms with Crippen LogP contribution >= 0.6 is 0 Å². The molecule has 2 aromatic carbocycles. The summed E-state index contributed by atoms with van der Waals surface area (Å²) < 4.78 is 0. The number of rotatable bonds is 7. The van der Waals surface area contributed by atoms with Crippen molar-refractivity contribution >= 4 is 34.9 Å². The number of pyridine rings is 1. The highest BCUT2D eigenvalue weighted by Gasteiger charge is 2.11. The van der Waals surface area contributed by atoms with Gasteiger partial charge in [-0.1, -0.05) is 42.5 Å². The molecular formula is C24H21N5O2. The van der Waals surface area contributed by atoms with Gasteiger partial charge in [-0.05, 0) is 29.8 Å². The Morgan fingerprint density at radius 3 is 2.61 bits per heavy atom. The number of fused-ring (bicyclic) bond motifs is 1. The fourth-order valence-electron chi connectivity index (χ4n) is 3.34. The summed E-state index contributed by atoms with van der Waals surface area (Å²) >= 11 is 0. The van der Waals surface area contributed by atoms with Gasteiger partial charge in [-0.2, -0.15) is 0 Å². The predicted octanol–water partition coefficient (Wildman–Crippen LogP) is 3.78. The Labute approximate surface area is 179 Å². The van der Waals surface area contributed by atoms with Crippen molar-refractivity contribution in [2.24, 2.45) is 0 Å². The average molecular weight is 411 g/mol. The van der Waals surface area contributed by atoms with Gasteiger partial charge in [0.25, 0.3) is 0 Å². The van der Waals surface area contributed by atoms with Crippen molar-refractivity contribution in [3.63, 3.8) is 0 Å². The van der Waals surface area contributed by atoms with Gasteiger partial charge in [0.1, 0.15) is 11.8 Å². The van der Waals surface area contributed by atoms with Crippen molar-refractivity contribution in [2.75, 3.05) is 11.1 Å². The summed E-state index contributed by atoms with van der Waals surface area (Å²) in [6, 6.07) is 21.2. The molecule has 4 aromatic rings. The molecule has 1 amide bonds. The normalized spacial score (nSPS) is 10.7. The number of nitrogens with zero attached hydrogens (tertiary/aromatic N) is 3. The van der Waals surface area contributed by atoms with Gasteiger partial charge in [0, 0.05) is 30.5 Å². The van der Waals surface area contributed by atoms with Gasteiger partial charge in [0.05, 0.1) is 16.9 Å². The lowest BCUT2D eigenvalue weighted by Crippen LogP contribution is -2.11. The van der Waals surface area contributed by atoms with Crippen LogP contribution in [0, 0.1) is 0 Å². The van der Waals surface area contributed by atoms with Gasteiger partial charge in [0.15, 0.2) is 0 Å². The first kappa shape index (κ1) is 20.2. The highest BCUT2D eigenvalue weighted by Crippen LogP contribution is 2.25. The number of amides is 1. The third-order valence-corrected chi connectivity index (χ3v) is 4.78. The van der Waals surface area contributed by atoms with Gasteiger partial charge >= 0.3 is 0 Å². The summed E-state index contributed by atoms with van der Waals surface area (Å²) in [5, 5.41) is 2.81. The van der Waals surface area contributed by atoms with Crippen LogP contribution in [0.25, 0.3) is 22.3 Å². The molecule has 0 spiro atoms. The van der Waals surface area contributed by atoms with E-state index in [1.54, 1.807) is 6.07 Å². The minimum atomic E-state index is -0.204. The number of anilines is 2. The summed E-state index contributed by atoms with van der Waals surface area (Å²) in [5.41, 5.74) is 11.4. The molecule has 0 saturated heterocycles. The molecule has 0 radical (unpaired) electrons. The van der Waals surface area contributed by atoms with Crippen molar-refractivity contribution in [1.29, 1.82) is 0 Å². The molecule has 0 aliphatic heterocycles. The molecule has 0 unspecified atom stereocenters. The number of nitrogens with two attached hydrogens (primary N) is 1. The largest absolute Gasteiger partial charge is 0.368 e. The third kappa shape index (κ3) is 4.90. The zero-order chi connectivity index (χ0) is 21.6. The smallest absolute Gasteiger partial charge is 0.224 e. The molecule has 0 saturated carbocycles. The number of carbonyl (C=O) groups is 2. The van der Waals surface area contributed by atoms with Gasteiger partial charge in [-0.3, -0.25) is 4.79 Å². The van der Waals surface area contributed by atoms with E-state index in [-0.39, 0.29) is 24.7 Å². The Hall–Kier alpha value is -4.13. The maximum Gasteiger partial charge on any atom is 0.224 e. The Morgan fingerprint density at radius 1 is 0.968 bits per heavy atom. The number of carbonyl (C=O) groups excluding carboxylic acids is 2. The number of benzene rings is 2. The van der Waals surface area contributed by atoms with E-state index in [1.807, 2.05) is 60.7 Å². The van der Waals surface area contributed by atoms with Gasteiger partial charge in [-0.15, -0.1) is 0 Å². The van der Waals surface area contributed by atoms with E-state index >= 15 is 0 Å². The van der Waals surface area contributed by atoms with E-state index in [1.165, 1.54) is 0 Å². The van der Waals surface area contributed by atoms with Crippen LogP contribution in [0.1, 0.15) is 24.1 Å². The molecule has 4 rings (SSSR count). The number of aldehydes is 1. The van der Waals surface area contributed by atoms with Crippen molar-refractivity contribution in [1.82, 2.24) is 15.0 Å². The Morgan fingerprint density at radius 2 is 1.81 bits per heavy atom. The van der Waals surface area contributed by atoms with E-state index in [9.17, 15) is 9.59 Å². The van der Waals surface area contributed by atoms with Gasteiger partial charge in [-0.25, -0.2) is 15.0 Å². The monoisotopic (exact) mass is 411 g/mol. The molecule has 0 atom stereocenters. The molecule has 0 aliphatic rings. The van der Waals surface area contributed by atoms with Crippen LogP contribution < -0.4 is 11.1 Å². The second kappa shape index (κ2) is 9.13. The molecule has 31 heavy (non-hydrogen) atoms. The SMILES string of the molecule is Nc1nc(Cc2ccccc2)c2nc(-c3cccc(NC(=O)CCC=O)c3)ccc2n1. The van der Waals surface area contributed by atoms with E-state index < -0.39 is 0 Å². The van der Waals surface area contributed by atoms with E-state index in [4.69, 9.17) is 10.7 Å². The highest BCUT2D eigenvalue weighted by molar-refractivity contribution is 5.92. The summed E-state index contributed by atoms with van der Waals surface area (Å²) in [4.78, 5) is 36.0. The lowest BCUT2D eigenvalue weighted by atomic mass is 10.1. The first-order valence-electron chi connectivity index (χ1n) is 9.93. The first-order chi connectivity index (χ1) is 15.1. The van der Waals surface area contributed by atoms with Crippen molar-refractivity contribution < 1.29 is 9.59 Å². The maximum absolute atomic E-state index is 11.9. The lowest BCUT2D eigenvalue weighted by molar-refractivity contribution is -0.118. The summed E-state index contributed by atoms with van der Waals surface area (Å²) in [6.45, 7) is 0. The van der Waals surface area contributed by atoms with E-state index in [2.05, 4.69) is 15.3 Å². The Balaban J connectivity index is 1.68. The minimum absolute atomic E-state index is 0.156. The maximum atomic E-state index is 11.9. The molecule has 2 heterocycles. The van der Waals surface area contributed by atoms with Crippen molar-refractivity contribution in [2.45, 2.75) is 19.3 Å². The predicted molar refractivity (Wildman–Crippen MR) is 120 cm³/mol. The number of nitrogens with one attached hydrogen (secondary N) is 1. The minimum Gasteiger partial charge on any atom is -0.368 e. The average Bonchev–Trinajstić information content (AvgIpc) is 2.78. The van der Waals surface area contributed by atoms with Crippen LogP contribution in [-0.4, -0.2) is 27.1 Å². The number of nitrogen functional groups attached to an aromatic ring is 1. The van der Waals surface area contributed by atoms with Crippen LogP contribution in [-0.2, 0) is 16.0 Å². The first-order valence-corrected chi connectivity index (χ1v) is 9.93. The molecule has 0 aliphatic carbocycles. The van der Waals surface area contributed by atoms with Crippen LogP contribution in [0.15, 0.2) is 66.7 Å². The summed E-state index contributed by atoms with van der Waals surface area (Å²) in [6.07, 6.45) is 1.68. The summed E-state index contributed by atoms with van der Waals surface area (Å²) in [7, 11) is 0. The zero-order valence-corrected chi connectivity index (χ0v) is 16.8. The molecular weight excluding hydrogens is 390 g/mol. The molecule has 154 valence electrons. The van der Waals surface area contributed by atoms with Crippen LogP contribution in [0.3, 0.4) is 0 Å². The van der Waals surface area contributed by atoms with E-state index in [0.717, 1.165) is 28.8 Å². The standard InChI is InChI=1S/C24H21N5O2/c25-24-28-20-12-11-19(17-8-4-9-18(15-17)26-22(31)10-5-13-30)27-23(20)21(29-24)14-16-6-2-1-3-7-16/h1-4,6-9,11-13,15H,5,10,14H2,(H,26,31)(H2,25,28,29). The van der Waals surface area contributed by atoms with E-state index in [0.29, 0.717) is 23.1 Å². The highest BCUT2D eigenvalue weighted by atomic mass is 16.1. The fraction of sp³-hybridized carbons (Fsp3) is 0.125. The molecule has 0 fully saturated rings. The number of hydrogen-bond acceptors (Lipinski definition) is 6. The van der Waals surface area contributed by atoms with Gasteiger partial charge in [0.2, 0.25) is 11.9 Å². The molecule has 7 heteroatoms. The van der Waals surface area contributed by atoms with Crippen LogP contribution in [0.4, 0.5) is 11.6 Å². The Bertz CT molecular complexity index is 1240. The second-order valence-electron chi connectivity index (χ2n) is 7.09. The fourth-order valence-corrected chi connectivity index (χ4v) is 3.34. The molecule has 0 bridgehead atoms. The quantitative estimate of drug-likeness (QED) is 0.448. The van der Waals surface area contributed by atoms with Crippen LogP contribution in [0.5, 0.6) is 0 Å². The molecule has 3 N–H and O–H groups in total. The van der Waals surface area contributed by atoms with Gasteiger partial charge < -0.3 is 15.8 Å². The number of aromatic nitrogens is 3. The van der Waals surface area contributed by atoms with Crippen molar-refractivity contribution in [3.05, 3.63) is 78.0 Å². The molecule has 7 nitrogen and oxygen atoms in total. The molecule has 2 aromatic heterocycles. The second-order valence-corrected chi connectivity index (χ2v) is 7.09. The van der Waals surface area contributed by atoms with Crippen molar-refractivity contribution in [3.8, 4) is 11.3 Å². The van der Waals surface area contributed by atoms with Crippen LogP contribution in [0.2, 0.25) is 0 Å². The lowest BCUT2D eigenvalue weighted by Gasteiger charge is -2.10. The Kier molecular flexibility index (Phi) is 5.93. The summed E-state index contributed by atoms with van der Waals surface area (Å²) in [5.74, 6) is 0.0118. The third-order valence-electron chi connectivity index (χ3n) is 4.78. The topological polar surface area (TPSA) is 111 Å². The number of hydrogen-bond donors (Lipinski definition) is 2.